The standard InChI is InChI=1S/C23H33N7O2/c1-17-6-5-7-20(18(17)2)28-12-14-29(15-13-28)23-21(30(31)32)22(24-16-25-23)27(4)19-8-10-26(3)11-9-19/h5-7,16,19H,8-15H2,1-4H3. The third-order valence-electron chi connectivity index (χ3n) is 7.03. The van der Waals surface area contributed by atoms with E-state index in [0.29, 0.717) is 24.7 Å². The number of anilines is 3. The summed E-state index contributed by atoms with van der Waals surface area (Å²) in [5.74, 6) is 0.854. The molecule has 0 N–H and O–H groups in total. The first-order valence-electron chi connectivity index (χ1n) is 11.3. The van der Waals surface area contributed by atoms with Crippen LogP contribution in [-0.4, -0.2) is 79.2 Å². The number of rotatable bonds is 5. The molecule has 1 aromatic carbocycles. The summed E-state index contributed by atoms with van der Waals surface area (Å²) in [5, 5.41) is 12.1. The summed E-state index contributed by atoms with van der Waals surface area (Å²) in [7, 11) is 4.03. The molecule has 3 heterocycles. The summed E-state index contributed by atoms with van der Waals surface area (Å²) in [5.41, 5.74) is 3.83. The molecule has 2 fully saturated rings. The third kappa shape index (κ3) is 4.34. The van der Waals surface area contributed by atoms with E-state index in [0.717, 1.165) is 39.0 Å². The van der Waals surface area contributed by atoms with Crippen LogP contribution >= 0.6 is 0 Å². The Kier molecular flexibility index (Phi) is 6.45. The average Bonchev–Trinajstić information content (AvgIpc) is 2.80. The van der Waals surface area contributed by atoms with Crippen molar-refractivity contribution in [2.24, 2.45) is 0 Å². The molecule has 172 valence electrons. The fraction of sp³-hybridized carbons (Fsp3) is 0.565. The van der Waals surface area contributed by atoms with E-state index in [1.54, 1.807) is 0 Å². The number of piperidine rings is 1. The molecule has 0 saturated carbocycles. The molecule has 2 saturated heterocycles. The topological polar surface area (TPSA) is 81.9 Å². The maximum Gasteiger partial charge on any atom is 0.353 e. The van der Waals surface area contributed by atoms with Crippen molar-refractivity contribution >= 4 is 23.0 Å². The number of piperazine rings is 1. The summed E-state index contributed by atoms with van der Waals surface area (Å²) in [4.78, 5) is 29.2. The van der Waals surface area contributed by atoms with Gasteiger partial charge in [-0.3, -0.25) is 10.1 Å². The van der Waals surface area contributed by atoms with Crippen molar-refractivity contribution in [3.05, 3.63) is 45.8 Å². The molecule has 2 aliphatic rings. The van der Waals surface area contributed by atoms with Crippen LogP contribution in [0.5, 0.6) is 0 Å². The van der Waals surface area contributed by atoms with Gasteiger partial charge in [0.25, 0.3) is 0 Å². The number of hydrogen-bond acceptors (Lipinski definition) is 8. The molecule has 1 aromatic heterocycles. The first kappa shape index (κ1) is 22.3. The van der Waals surface area contributed by atoms with Crippen LogP contribution in [0.4, 0.5) is 23.0 Å². The minimum atomic E-state index is -0.312. The largest absolute Gasteiger partial charge is 0.368 e. The summed E-state index contributed by atoms with van der Waals surface area (Å²) < 4.78 is 0. The van der Waals surface area contributed by atoms with Crippen LogP contribution in [0.2, 0.25) is 0 Å². The molecule has 2 aromatic rings. The lowest BCUT2D eigenvalue weighted by Gasteiger charge is -2.38. The number of hydrogen-bond donors (Lipinski definition) is 0. The van der Waals surface area contributed by atoms with Gasteiger partial charge < -0.3 is 19.6 Å². The highest BCUT2D eigenvalue weighted by Gasteiger charge is 2.33. The SMILES string of the molecule is Cc1cccc(N2CCN(c3ncnc(N(C)C4CCN(C)CC4)c3[N+](=O)[O-])CC2)c1C. The minimum absolute atomic E-state index is 0.0223. The second-order valence-electron chi connectivity index (χ2n) is 8.97. The van der Waals surface area contributed by atoms with Crippen molar-refractivity contribution in [2.75, 3.05) is 68.1 Å². The Labute approximate surface area is 189 Å². The van der Waals surface area contributed by atoms with Gasteiger partial charge in [-0.2, -0.15) is 0 Å². The van der Waals surface area contributed by atoms with Crippen molar-refractivity contribution in [3.63, 3.8) is 0 Å². The van der Waals surface area contributed by atoms with Gasteiger partial charge in [0.15, 0.2) is 0 Å². The highest BCUT2D eigenvalue weighted by molar-refractivity contribution is 5.72. The predicted octanol–water partition coefficient (Wildman–Crippen LogP) is 2.86. The van der Waals surface area contributed by atoms with E-state index in [9.17, 15) is 10.1 Å². The van der Waals surface area contributed by atoms with Crippen molar-refractivity contribution < 1.29 is 4.92 Å². The first-order valence-corrected chi connectivity index (χ1v) is 11.3. The normalized spacial score (nSPS) is 18.1. The van der Waals surface area contributed by atoms with Gasteiger partial charge in [0, 0.05) is 45.0 Å². The van der Waals surface area contributed by atoms with E-state index in [4.69, 9.17) is 0 Å². The number of likely N-dealkylation sites (tertiary alicyclic amines) is 1. The highest BCUT2D eigenvalue weighted by atomic mass is 16.6. The van der Waals surface area contributed by atoms with E-state index in [1.165, 1.54) is 23.1 Å². The molecule has 0 radical (unpaired) electrons. The Morgan fingerprint density at radius 1 is 1.03 bits per heavy atom. The van der Waals surface area contributed by atoms with E-state index in [2.05, 4.69) is 58.9 Å². The molecule has 0 spiro atoms. The van der Waals surface area contributed by atoms with Gasteiger partial charge in [-0.25, -0.2) is 9.97 Å². The maximum absolute atomic E-state index is 12.1. The molecule has 0 aliphatic carbocycles. The Balaban J connectivity index is 1.55. The summed E-state index contributed by atoms with van der Waals surface area (Å²) in [6, 6.07) is 6.61. The number of nitrogens with zero attached hydrogens (tertiary/aromatic N) is 7. The Morgan fingerprint density at radius 2 is 1.69 bits per heavy atom. The molecule has 4 rings (SSSR count). The third-order valence-corrected chi connectivity index (χ3v) is 7.03. The zero-order valence-corrected chi connectivity index (χ0v) is 19.5. The summed E-state index contributed by atoms with van der Waals surface area (Å²) >= 11 is 0. The maximum atomic E-state index is 12.1. The van der Waals surface area contributed by atoms with Gasteiger partial charge in [0.2, 0.25) is 11.6 Å². The lowest BCUT2D eigenvalue weighted by Crippen LogP contribution is -2.47. The molecule has 0 amide bonds. The second-order valence-corrected chi connectivity index (χ2v) is 8.97. The van der Waals surface area contributed by atoms with Crippen LogP contribution in [-0.2, 0) is 0 Å². The number of benzene rings is 1. The van der Waals surface area contributed by atoms with Crippen molar-refractivity contribution in [3.8, 4) is 0 Å². The van der Waals surface area contributed by atoms with Crippen molar-refractivity contribution in [1.82, 2.24) is 14.9 Å². The quantitative estimate of drug-likeness (QED) is 0.520. The van der Waals surface area contributed by atoms with Gasteiger partial charge in [0.05, 0.1) is 4.92 Å². The van der Waals surface area contributed by atoms with Crippen molar-refractivity contribution in [2.45, 2.75) is 32.7 Å². The van der Waals surface area contributed by atoms with Crippen LogP contribution in [0.3, 0.4) is 0 Å². The zero-order chi connectivity index (χ0) is 22.8. The van der Waals surface area contributed by atoms with Crippen LogP contribution < -0.4 is 14.7 Å². The molecule has 9 nitrogen and oxygen atoms in total. The first-order chi connectivity index (χ1) is 15.4. The molecule has 0 atom stereocenters. The number of nitro groups is 1. The van der Waals surface area contributed by atoms with Crippen LogP contribution in [0.25, 0.3) is 0 Å². The molecule has 9 heteroatoms. The van der Waals surface area contributed by atoms with E-state index >= 15 is 0 Å². The number of aryl methyl sites for hydroxylation is 1. The van der Waals surface area contributed by atoms with Gasteiger partial charge in [0.1, 0.15) is 6.33 Å². The molecule has 0 bridgehead atoms. The molecular weight excluding hydrogens is 406 g/mol. The zero-order valence-electron chi connectivity index (χ0n) is 19.5. The number of aromatic nitrogens is 2. The summed E-state index contributed by atoms with van der Waals surface area (Å²) in [6.45, 7) is 9.21. The van der Waals surface area contributed by atoms with E-state index in [-0.39, 0.29) is 16.7 Å². The van der Waals surface area contributed by atoms with Gasteiger partial charge in [-0.05, 0) is 64.0 Å². The van der Waals surface area contributed by atoms with Gasteiger partial charge in [-0.1, -0.05) is 12.1 Å². The fourth-order valence-electron chi connectivity index (χ4n) is 4.81. The van der Waals surface area contributed by atoms with Gasteiger partial charge >= 0.3 is 5.69 Å². The van der Waals surface area contributed by atoms with Crippen LogP contribution in [0.15, 0.2) is 24.5 Å². The molecule has 32 heavy (non-hydrogen) atoms. The van der Waals surface area contributed by atoms with E-state index in [1.807, 2.05) is 16.8 Å². The average molecular weight is 440 g/mol. The second kappa shape index (κ2) is 9.28. The monoisotopic (exact) mass is 439 g/mol. The van der Waals surface area contributed by atoms with Gasteiger partial charge in [-0.15, -0.1) is 0 Å². The highest BCUT2D eigenvalue weighted by Crippen LogP contribution is 2.36. The Bertz CT molecular complexity index is 967. The smallest absolute Gasteiger partial charge is 0.353 e. The van der Waals surface area contributed by atoms with E-state index < -0.39 is 0 Å². The Morgan fingerprint density at radius 3 is 2.34 bits per heavy atom. The summed E-state index contributed by atoms with van der Waals surface area (Å²) in [6.07, 6.45) is 3.41. The predicted molar refractivity (Wildman–Crippen MR) is 128 cm³/mol. The lowest BCUT2D eigenvalue weighted by atomic mass is 10.0. The Hall–Kier alpha value is -2.94. The van der Waals surface area contributed by atoms with Crippen molar-refractivity contribution in [1.29, 1.82) is 0 Å². The molecule has 0 unspecified atom stereocenters. The minimum Gasteiger partial charge on any atom is -0.368 e. The molecular formula is C23H33N7O2. The van der Waals surface area contributed by atoms with Crippen LogP contribution in [0.1, 0.15) is 24.0 Å². The van der Waals surface area contributed by atoms with Crippen LogP contribution in [0, 0.1) is 24.0 Å². The lowest BCUT2D eigenvalue weighted by molar-refractivity contribution is -0.383. The molecule has 2 aliphatic heterocycles. The fourth-order valence-corrected chi connectivity index (χ4v) is 4.81.